The van der Waals surface area contributed by atoms with E-state index in [4.69, 9.17) is 4.74 Å². The summed E-state index contributed by atoms with van der Waals surface area (Å²) in [5, 5.41) is 10.5. The summed E-state index contributed by atoms with van der Waals surface area (Å²) >= 11 is 0. The number of allylic oxidation sites excluding steroid dienone is 3. The number of aromatic nitrogens is 2. The first-order valence-electron chi connectivity index (χ1n) is 12.6. The third-order valence-corrected chi connectivity index (χ3v) is 9.83. The van der Waals surface area contributed by atoms with Crippen LogP contribution in [0.15, 0.2) is 60.0 Å². The molecule has 0 N–H and O–H groups in total. The maximum Gasteiger partial charge on any atom is 0.0980 e. The van der Waals surface area contributed by atoms with E-state index >= 15 is 0 Å². The number of benzene rings is 1. The van der Waals surface area contributed by atoms with Crippen LogP contribution >= 0.6 is 0 Å². The van der Waals surface area contributed by atoms with Gasteiger partial charge in [-0.1, -0.05) is 37.3 Å². The minimum absolute atomic E-state index is 0.0346. The van der Waals surface area contributed by atoms with Crippen molar-refractivity contribution in [1.29, 1.82) is 0 Å². The predicted octanol–water partition coefficient (Wildman–Crippen LogP) is 5.71. The first-order valence-corrected chi connectivity index (χ1v) is 12.6. The smallest absolute Gasteiger partial charge is 0.0980 e. The predicted molar refractivity (Wildman–Crippen MR) is 132 cm³/mol. The number of ether oxygens (including phenoxy) is 1. The molecule has 5 aliphatic rings. The van der Waals surface area contributed by atoms with Crippen molar-refractivity contribution in [3.63, 3.8) is 0 Å². The molecular formula is C29H33N3O. The molecule has 0 radical (unpaired) electrons. The van der Waals surface area contributed by atoms with Crippen LogP contribution in [-0.2, 0) is 4.74 Å². The van der Waals surface area contributed by atoms with Crippen LogP contribution in [0.2, 0.25) is 0 Å². The molecule has 1 aromatic carbocycles. The fraction of sp³-hybridized carbons (Fsp3) is 0.517. The van der Waals surface area contributed by atoms with Crippen molar-refractivity contribution < 1.29 is 4.74 Å². The van der Waals surface area contributed by atoms with Gasteiger partial charge in [-0.3, -0.25) is 0 Å². The molecule has 5 atom stereocenters. The topological polar surface area (TPSA) is 38.2 Å². The molecule has 1 unspecified atom stereocenters. The minimum atomic E-state index is -0.120. The summed E-state index contributed by atoms with van der Waals surface area (Å²) in [5.74, 6) is 0.503. The first kappa shape index (κ1) is 20.1. The summed E-state index contributed by atoms with van der Waals surface area (Å²) in [6, 6.07) is 7.40. The van der Waals surface area contributed by atoms with Crippen LogP contribution in [0.25, 0.3) is 16.3 Å². The van der Waals surface area contributed by atoms with Crippen molar-refractivity contribution in [3.8, 4) is 0 Å². The number of hydrogen-bond donors (Lipinski definition) is 0. The Morgan fingerprint density at radius 1 is 1.06 bits per heavy atom. The Morgan fingerprint density at radius 2 is 1.91 bits per heavy atom. The zero-order valence-corrected chi connectivity index (χ0v) is 20.0. The number of hydrogen-bond acceptors (Lipinski definition) is 4. The fourth-order valence-corrected chi connectivity index (χ4v) is 8.01. The summed E-state index contributed by atoms with van der Waals surface area (Å²) in [6.45, 7) is 2.49. The summed E-state index contributed by atoms with van der Waals surface area (Å²) in [6.07, 6.45) is 19.5. The van der Waals surface area contributed by atoms with Crippen LogP contribution in [-0.4, -0.2) is 46.4 Å². The second kappa shape index (κ2) is 6.64. The molecule has 3 heterocycles. The maximum atomic E-state index is 7.38. The van der Waals surface area contributed by atoms with Gasteiger partial charge in [0.05, 0.1) is 23.6 Å². The third-order valence-electron chi connectivity index (χ3n) is 9.83. The summed E-state index contributed by atoms with van der Waals surface area (Å²) in [5.41, 5.74) is 5.83. The van der Waals surface area contributed by atoms with Gasteiger partial charge in [-0.2, -0.15) is 10.2 Å². The van der Waals surface area contributed by atoms with Crippen LogP contribution in [0.1, 0.15) is 57.4 Å². The van der Waals surface area contributed by atoms with Crippen LogP contribution < -0.4 is 0 Å². The lowest BCUT2D eigenvalue weighted by Gasteiger charge is -2.54. The number of nitrogens with zero attached hydrogens (tertiary/aromatic N) is 3. The van der Waals surface area contributed by atoms with Gasteiger partial charge in [0.25, 0.3) is 0 Å². The molecule has 2 spiro atoms. The van der Waals surface area contributed by atoms with Gasteiger partial charge >= 0.3 is 0 Å². The first-order chi connectivity index (χ1) is 15.9. The molecule has 2 aliphatic heterocycles. The molecule has 2 fully saturated rings. The Balaban J connectivity index is 1.28. The van der Waals surface area contributed by atoms with Gasteiger partial charge in [0, 0.05) is 28.1 Å². The molecule has 7 rings (SSSR count). The highest BCUT2D eigenvalue weighted by molar-refractivity contribution is 5.86. The average Bonchev–Trinajstić information content (AvgIpc) is 3.33. The Labute approximate surface area is 196 Å². The maximum absolute atomic E-state index is 7.38. The fourth-order valence-electron chi connectivity index (χ4n) is 8.01. The lowest BCUT2D eigenvalue weighted by molar-refractivity contribution is -0.134. The molecule has 4 nitrogen and oxygen atoms in total. The molecule has 1 aromatic heterocycles. The van der Waals surface area contributed by atoms with Gasteiger partial charge in [-0.25, -0.2) is 0 Å². The summed E-state index contributed by atoms with van der Waals surface area (Å²) in [4.78, 5) is 2.41. The van der Waals surface area contributed by atoms with Gasteiger partial charge in [0.2, 0.25) is 0 Å². The van der Waals surface area contributed by atoms with E-state index in [1.165, 1.54) is 41.4 Å². The van der Waals surface area contributed by atoms with E-state index in [1.807, 2.05) is 12.4 Å². The van der Waals surface area contributed by atoms with Crippen molar-refractivity contribution in [2.45, 2.75) is 69.1 Å². The molecule has 0 amide bonds. The van der Waals surface area contributed by atoms with E-state index < -0.39 is 0 Å². The molecule has 2 aromatic rings. The van der Waals surface area contributed by atoms with Crippen molar-refractivity contribution >= 4 is 16.3 Å². The Bertz CT molecular complexity index is 1260. The quantitative estimate of drug-likeness (QED) is 0.601. The second-order valence-electron chi connectivity index (χ2n) is 11.5. The molecule has 3 aliphatic carbocycles. The Kier molecular flexibility index (Phi) is 4.05. The minimum Gasteiger partial charge on any atom is -0.359 e. The van der Waals surface area contributed by atoms with Crippen molar-refractivity contribution in [2.75, 3.05) is 14.1 Å². The molecule has 2 bridgehead atoms. The van der Waals surface area contributed by atoms with E-state index in [-0.39, 0.29) is 16.6 Å². The molecular weight excluding hydrogens is 406 g/mol. The van der Waals surface area contributed by atoms with Gasteiger partial charge in [0.15, 0.2) is 0 Å². The third kappa shape index (κ3) is 2.60. The SMILES string of the molecule is CN(C)[C@@H]1CCC2=CC3=CC[C@]4(C)C(c5ccc6cnncc6c5)=CC[C@H]4[C@@]34CCC2(C1)O4. The summed E-state index contributed by atoms with van der Waals surface area (Å²) < 4.78 is 7.38. The molecule has 4 heteroatoms. The Morgan fingerprint density at radius 3 is 2.76 bits per heavy atom. The van der Waals surface area contributed by atoms with Gasteiger partial charge in [-0.15, -0.1) is 0 Å². The van der Waals surface area contributed by atoms with Gasteiger partial charge in [0.1, 0.15) is 0 Å². The van der Waals surface area contributed by atoms with Crippen molar-refractivity contribution in [1.82, 2.24) is 15.1 Å². The Hall–Kier alpha value is -2.30. The van der Waals surface area contributed by atoms with E-state index in [1.54, 1.807) is 5.57 Å². The second-order valence-corrected chi connectivity index (χ2v) is 11.5. The van der Waals surface area contributed by atoms with Crippen LogP contribution in [0, 0.1) is 11.3 Å². The zero-order chi connectivity index (χ0) is 22.4. The highest BCUT2D eigenvalue weighted by Gasteiger charge is 2.65. The number of rotatable bonds is 2. The lowest BCUT2D eigenvalue weighted by Crippen LogP contribution is -2.54. The van der Waals surface area contributed by atoms with E-state index in [0.717, 1.165) is 31.1 Å². The monoisotopic (exact) mass is 439 g/mol. The lowest BCUT2D eigenvalue weighted by atomic mass is 9.58. The van der Waals surface area contributed by atoms with Crippen LogP contribution in [0.4, 0.5) is 0 Å². The highest BCUT2D eigenvalue weighted by Crippen LogP contribution is 2.67. The van der Waals surface area contributed by atoms with E-state index in [2.05, 4.69) is 72.5 Å². The van der Waals surface area contributed by atoms with Gasteiger partial charge < -0.3 is 9.64 Å². The highest BCUT2D eigenvalue weighted by atomic mass is 16.5. The molecule has 33 heavy (non-hydrogen) atoms. The molecule has 1 saturated carbocycles. The average molecular weight is 440 g/mol. The van der Waals surface area contributed by atoms with Crippen molar-refractivity contribution in [3.05, 3.63) is 65.5 Å². The van der Waals surface area contributed by atoms with Gasteiger partial charge in [-0.05, 0) is 87.4 Å². The molecule has 170 valence electrons. The largest absolute Gasteiger partial charge is 0.359 e. The normalized spacial score (nSPS) is 39.0. The van der Waals surface area contributed by atoms with Crippen molar-refractivity contribution in [2.24, 2.45) is 11.3 Å². The number of fused-ring (bicyclic) bond motifs is 2. The summed E-state index contributed by atoms with van der Waals surface area (Å²) in [7, 11) is 4.46. The van der Waals surface area contributed by atoms with E-state index in [0.29, 0.717) is 12.0 Å². The standard InChI is InChI=1S/C29H33N3O/c1-27-11-10-23-15-22-6-7-24(32(2)3)16-28(22)12-13-29(23,33-28)26(27)9-8-25(27)19-4-5-20-17-30-31-18-21(20)14-19/h4-5,8,10,14-15,17-18,24,26H,6-7,9,11-13,16H2,1-3H3/t24-,26-,27-,28?,29-/m1/s1. The van der Waals surface area contributed by atoms with Crippen LogP contribution in [0.5, 0.6) is 0 Å². The van der Waals surface area contributed by atoms with E-state index in [9.17, 15) is 0 Å². The van der Waals surface area contributed by atoms with Crippen LogP contribution in [0.3, 0.4) is 0 Å². The molecule has 1 saturated heterocycles. The zero-order valence-electron chi connectivity index (χ0n) is 20.0.